The normalized spacial score (nSPS) is 15.0. The van der Waals surface area contributed by atoms with Crippen LogP contribution in [0.2, 0.25) is 0 Å². The van der Waals surface area contributed by atoms with Crippen molar-refractivity contribution in [3.8, 4) is 11.5 Å². The van der Waals surface area contributed by atoms with Crippen LogP contribution in [0.3, 0.4) is 0 Å². The summed E-state index contributed by atoms with van der Waals surface area (Å²) in [5, 5.41) is 0. The van der Waals surface area contributed by atoms with Gasteiger partial charge in [-0.2, -0.15) is 0 Å². The van der Waals surface area contributed by atoms with E-state index in [4.69, 9.17) is 15.2 Å². The van der Waals surface area contributed by atoms with Gasteiger partial charge in [0.1, 0.15) is 17.3 Å². The highest BCUT2D eigenvalue weighted by Gasteiger charge is 2.21. The van der Waals surface area contributed by atoms with Crippen molar-refractivity contribution in [1.82, 2.24) is 0 Å². The highest BCUT2D eigenvalue weighted by atomic mass is 19.1. The molecule has 2 aromatic carbocycles. The van der Waals surface area contributed by atoms with Gasteiger partial charge in [0.2, 0.25) is 0 Å². The highest BCUT2D eigenvalue weighted by Crippen LogP contribution is 2.35. The SMILES string of the molecule is COc1ccc(C(N)c2cccc3c2OCCC3)c(F)c1. The maximum absolute atomic E-state index is 14.2. The van der Waals surface area contributed by atoms with Gasteiger partial charge < -0.3 is 15.2 Å². The van der Waals surface area contributed by atoms with E-state index in [0.29, 0.717) is 17.9 Å². The third kappa shape index (κ3) is 2.59. The van der Waals surface area contributed by atoms with E-state index in [1.54, 1.807) is 12.1 Å². The molecule has 1 unspecified atom stereocenters. The first-order valence-electron chi connectivity index (χ1n) is 7.04. The summed E-state index contributed by atoms with van der Waals surface area (Å²) in [7, 11) is 1.51. The molecule has 0 aliphatic carbocycles. The first-order valence-corrected chi connectivity index (χ1v) is 7.04. The predicted octanol–water partition coefficient (Wildman–Crippen LogP) is 3.21. The number of methoxy groups -OCH3 is 1. The molecule has 1 aliphatic heterocycles. The summed E-state index contributed by atoms with van der Waals surface area (Å²) < 4.78 is 25.0. The Labute approximate surface area is 123 Å². The lowest BCUT2D eigenvalue weighted by Crippen LogP contribution is -2.18. The zero-order chi connectivity index (χ0) is 14.8. The number of para-hydroxylation sites is 1. The lowest BCUT2D eigenvalue weighted by atomic mass is 9.94. The second-order valence-electron chi connectivity index (χ2n) is 5.15. The molecule has 3 nitrogen and oxygen atoms in total. The van der Waals surface area contributed by atoms with E-state index in [2.05, 4.69) is 0 Å². The van der Waals surface area contributed by atoms with E-state index < -0.39 is 6.04 Å². The minimum absolute atomic E-state index is 0.365. The molecule has 1 aliphatic rings. The average molecular weight is 287 g/mol. The van der Waals surface area contributed by atoms with Gasteiger partial charge in [-0.05, 0) is 24.5 Å². The topological polar surface area (TPSA) is 44.5 Å². The van der Waals surface area contributed by atoms with Gasteiger partial charge in [-0.15, -0.1) is 0 Å². The molecule has 0 amide bonds. The fourth-order valence-corrected chi connectivity index (χ4v) is 2.71. The van der Waals surface area contributed by atoms with Crippen LogP contribution in [0.5, 0.6) is 11.5 Å². The lowest BCUT2D eigenvalue weighted by molar-refractivity contribution is 0.284. The van der Waals surface area contributed by atoms with Crippen molar-refractivity contribution in [2.24, 2.45) is 5.73 Å². The van der Waals surface area contributed by atoms with Crippen LogP contribution in [0, 0.1) is 5.82 Å². The Hall–Kier alpha value is -2.07. The second kappa shape index (κ2) is 5.74. The summed E-state index contributed by atoms with van der Waals surface area (Å²) in [6, 6.07) is 10.1. The molecule has 3 rings (SSSR count). The van der Waals surface area contributed by atoms with Gasteiger partial charge in [0, 0.05) is 17.2 Å². The number of aryl methyl sites for hydroxylation is 1. The van der Waals surface area contributed by atoms with Gasteiger partial charge in [-0.3, -0.25) is 0 Å². The van der Waals surface area contributed by atoms with E-state index in [9.17, 15) is 4.39 Å². The van der Waals surface area contributed by atoms with Crippen LogP contribution >= 0.6 is 0 Å². The highest BCUT2D eigenvalue weighted by molar-refractivity contribution is 5.48. The maximum Gasteiger partial charge on any atom is 0.132 e. The molecule has 1 heterocycles. The van der Waals surface area contributed by atoms with Gasteiger partial charge in [0.05, 0.1) is 19.8 Å². The van der Waals surface area contributed by atoms with Crippen molar-refractivity contribution in [2.75, 3.05) is 13.7 Å². The van der Waals surface area contributed by atoms with Crippen molar-refractivity contribution >= 4 is 0 Å². The minimum Gasteiger partial charge on any atom is -0.497 e. The van der Waals surface area contributed by atoms with Crippen LogP contribution in [0.1, 0.15) is 29.2 Å². The van der Waals surface area contributed by atoms with E-state index >= 15 is 0 Å². The zero-order valence-electron chi connectivity index (χ0n) is 11.9. The first-order chi connectivity index (χ1) is 10.2. The number of hydrogen-bond acceptors (Lipinski definition) is 3. The molecule has 0 aromatic heterocycles. The number of halogens is 1. The van der Waals surface area contributed by atoms with Gasteiger partial charge >= 0.3 is 0 Å². The Kier molecular flexibility index (Phi) is 3.80. The molecule has 2 aromatic rings. The van der Waals surface area contributed by atoms with E-state index in [1.807, 2.05) is 18.2 Å². The Bertz CT molecular complexity index is 657. The van der Waals surface area contributed by atoms with Crippen LogP contribution in [0.15, 0.2) is 36.4 Å². The molecular weight excluding hydrogens is 269 g/mol. The molecule has 0 fully saturated rings. The molecule has 0 saturated heterocycles. The lowest BCUT2D eigenvalue weighted by Gasteiger charge is -2.23. The quantitative estimate of drug-likeness (QED) is 0.942. The van der Waals surface area contributed by atoms with Crippen LogP contribution in [0.25, 0.3) is 0 Å². The summed E-state index contributed by atoms with van der Waals surface area (Å²) in [6.45, 7) is 0.682. The van der Waals surface area contributed by atoms with Crippen LogP contribution < -0.4 is 15.2 Å². The Morgan fingerprint density at radius 3 is 2.86 bits per heavy atom. The van der Waals surface area contributed by atoms with Gasteiger partial charge in [0.15, 0.2) is 0 Å². The number of hydrogen-bond donors (Lipinski definition) is 1. The summed E-state index contributed by atoms with van der Waals surface area (Å²) in [4.78, 5) is 0. The first kappa shape index (κ1) is 13.9. The molecular formula is C17H18FNO2. The average Bonchev–Trinajstić information content (AvgIpc) is 2.53. The summed E-state index contributed by atoms with van der Waals surface area (Å²) in [5.41, 5.74) is 8.69. The maximum atomic E-state index is 14.2. The van der Waals surface area contributed by atoms with E-state index in [-0.39, 0.29) is 5.82 Å². The van der Waals surface area contributed by atoms with Crippen molar-refractivity contribution in [3.05, 3.63) is 58.9 Å². The number of rotatable bonds is 3. The zero-order valence-corrected chi connectivity index (χ0v) is 11.9. The molecule has 2 N–H and O–H groups in total. The Balaban J connectivity index is 2.01. The predicted molar refractivity (Wildman–Crippen MR) is 79.2 cm³/mol. The molecule has 21 heavy (non-hydrogen) atoms. The minimum atomic E-state index is -0.552. The van der Waals surface area contributed by atoms with Crippen LogP contribution in [-0.4, -0.2) is 13.7 Å². The van der Waals surface area contributed by atoms with E-state index in [0.717, 1.165) is 29.7 Å². The number of fused-ring (bicyclic) bond motifs is 1. The molecule has 0 saturated carbocycles. The van der Waals surface area contributed by atoms with Gasteiger partial charge in [-0.1, -0.05) is 24.3 Å². The fourth-order valence-electron chi connectivity index (χ4n) is 2.71. The van der Waals surface area contributed by atoms with E-state index in [1.165, 1.54) is 13.2 Å². The molecule has 110 valence electrons. The van der Waals surface area contributed by atoms with Crippen molar-refractivity contribution < 1.29 is 13.9 Å². The number of benzene rings is 2. The van der Waals surface area contributed by atoms with Crippen molar-refractivity contribution in [2.45, 2.75) is 18.9 Å². The third-order valence-corrected chi connectivity index (χ3v) is 3.84. The monoisotopic (exact) mass is 287 g/mol. The molecule has 0 radical (unpaired) electrons. The van der Waals surface area contributed by atoms with Crippen molar-refractivity contribution in [1.29, 1.82) is 0 Å². The fraction of sp³-hybridized carbons (Fsp3) is 0.294. The van der Waals surface area contributed by atoms with Crippen molar-refractivity contribution in [3.63, 3.8) is 0 Å². The Morgan fingerprint density at radius 1 is 1.24 bits per heavy atom. The van der Waals surface area contributed by atoms with Gasteiger partial charge in [-0.25, -0.2) is 4.39 Å². The second-order valence-corrected chi connectivity index (χ2v) is 5.15. The van der Waals surface area contributed by atoms with Crippen LogP contribution in [-0.2, 0) is 6.42 Å². The molecule has 1 atom stereocenters. The summed E-state index contributed by atoms with van der Waals surface area (Å²) >= 11 is 0. The standard InChI is InChI=1S/C17H18FNO2/c1-20-12-7-8-13(15(18)10-12)16(19)14-6-2-4-11-5-3-9-21-17(11)14/h2,4,6-8,10,16H,3,5,9,19H2,1H3. The number of ether oxygens (including phenoxy) is 2. The largest absolute Gasteiger partial charge is 0.497 e. The molecule has 4 heteroatoms. The van der Waals surface area contributed by atoms with Crippen LogP contribution in [0.4, 0.5) is 4.39 Å². The smallest absolute Gasteiger partial charge is 0.132 e. The summed E-state index contributed by atoms with van der Waals surface area (Å²) in [6.07, 6.45) is 1.98. The van der Waals surface area contributed by atoms with Gasteiger partial charge in [0.25, 0.3) is 0 Å². The number of nitrogens with two attached hydrogens (primary N) is 1. The Morgan fingerprint density at radius 2 is 2.10 bits per heavy atom. The third-order valence-electron chi connectivity index (χ3n) is 3.84. The molecule has 0 bridgehead atoms. The summed E-state index contributed by atoms with van der Waals surface area (Å²) in [5.74, 6) is 0.927. The molecule has 0 spiro atoms.